The lowest BCUT2D eigenvalue weighted by atomic mass is 9.63. The lowest BCUT2D eigenvalue weighted by molar-refractivity contribution is 0.507. The molecular formula is C100H78N2. The van der Waals surface area contributed by atoms with Crippen molar-refractivity contribution in [3.63, 3.8) is 0 Å². The summed E-state index contributed by atoms with van der Waals surface area (Å²) in [4.78, 5) is 5.12. The molecule has 3 aliphatic rings. The molecule has 488 valence electrons. The summed E-state index contributed by atoms with van der Waals surface area (Å²) in [7, 11) is 0. The van der Waals surface area contributed by atoms with Gasteiger partial charge in [0.05, 0.1) is 28.2 Å². The van der Waals surface area contributed by atoms with Crippen LogP contribution >= 0.6 is 0 Å². The minimum atomic E-state index is -0.513. The molecule has 3 unspecified atom stereocenters. The molecular weight excluding hydrogens is 1230 g/mol. The standard InChI is InChI=1S/C100H78N2/c1-7-69-41-45-71(46-42-69)63-99(89-55-39-65(3)59-67(89)5)91-35-19-17-31-83(91)85-51-49-75(61-93(85)99)101(95-37-21-25-73-23-9-11-27-77(73)95)97-57-53-81(79-29-13-15-33-87(79)97)82-54-58-98(88-34-16-14-30-80(82)88)102(96-38-22-26-74-24-10-12-28-78(74)96)76-50-52-86-84-32-18-20-36-92(84)100(94(86)62-76,90-56-40-66(4)60-68(90)6)64-72-47-43-70(8-2)44-48-72/h7-59,61-62,68H,1-2,60,63-64H2,3-6H3. The Morgan fingerprint density at radius 3 is 1.25 bits per heavy atom. The van der Waals surface area contributed by atoms with Crippen molar-refractivity contribution >= 4 is 89.4 Å². The predicted molar refractivity (Wildman–Crippen MR) is 435 cm³/mol. The van der Waals surface area contributed by atoms with Crippen LogP contribution in [0.1, 0.15) is 81.5 Å². The number of anilines is 6. The molecule has 3 aliphatic carbocycles. The van der Waals surface area contributed by atoms with Crippen molar-refractivity contribution in [3.05, 3.63) is 407 Å². The number of allylic oxidation sites excluding steroid dienone is 4. The van der Waals surface area contributed by atoms with Gasteiger partial charge in [0.2, 0.25) is 0 Å². The lowest BCUT2D eigenvalue weighted by Crippen LogP contribution is -2.34. The zero-order chi connectivity index (χ0) is 68.8. The first-order valence-corrected chi connectivity index (χ1v) is 36.1. The normalized spacial score (nSPS) is 16.5. The lowest BCUT2D eigenvalue weighted by Gasteiger charge is -2.40. The molecule has 102 heavy (non-hydrogen) atoms. The molecule has 0 saturated carbocycles. The van der Waals surface area contributed by atoms with Gasteiger partial charge in [-0.05, 0) is 205 Å². The molecule has 0 N–H and O–H groups in total. The van der Waals surface area contributed by atoms with E-state index in [0.717, 1.165) is 75.3 Å². The summed E-state index contributed by atoms with van der Waals surface area (Å²) >= 11 is 0. The van der Waals surface area contributed by atoms with Crippen LogP contribution in [-0.2, 0) is 23.7 Å². The van der Waals surface area contributed by atoms with E-state index in [1.807, 2.05) is 12.2 Å². The van der Waals surface area contributed by atoms with E-state index in [0.29, 0.717) is 5.92 Å². The first kappa shape index (κ1) is 62.2. The Bertz CT molecular complexity index is 5970. The van der Waals surface area contributed by atoms with Crippen LogP contribution in [0.25, 0.3) is 88.6 Å². The zero-order valence-electron chi connectivity index (χ0n) is 58.3. The Labute approximate surface area is 599 Å². The van der Waals surface area contributed by atoms with Gasteiger partial charge in [-0.25, -0.2) is 0 Å². The molecule has 3 atom stereocenters. The molecule has 15 aromatic rings. The van der Waals surface area contributed by atoms with Crippen LogP contribution in [0.4, 0.5) is 34.1 Å². The summed E-state index contributed by atoms with van der Waals surface area (Å²) in [6, 6.07) is 117. The van der Waals surface area contributed by atoms with Gasteiger partial charge in [0.15, 0.2) is 0 Å². The second kappa shape index (κ2) is 25.0. The summed E-state index contributed by atoms with van der Waals surface area (Å²) < 4.78 is 0. The van der Waals surface area contributed by atoms with Crippen molar-refractivity contribution < 1.29 is 0 Å². The quantitative estimate of drug-likeness (QED) is 0.101. The Kier molecular flexibility index (Phi) is 15.2. The van der Waals surface area contributed by atoms with Crippen molar-refractivity contribution in [2.45, 2.75) is 57.8 Å². The minimum Gasteiger partial charge on any atom is -0.309 e. The molecule has 2 heteroatoms. The maximum atomic E-state index is 4.12. The summed E-state index contributed by atoms with van der Waals surface area (Å²) in [5, 5.41) is 9.43. The van der Waals surface area contributed by atoms with Crippen molar-refractivity contribution in [2.24, 2.45) is 5.92 Å². The molecule has 0 radical (unpaired) electrons. The van der Waals surface area contributed by atoms with E-state index >= 15 is 0 Å². The summed E-state index contributed by atoms with van der Waals surface area (Å²) in [6.07, 6.45) is 11.4. The third kappa shape index (κ3) is 9.98. The maximum absolute atomic E-state index is 4.12. The zero-order valence-corrected chi connectivity index (χ0v) is 58.3. The van der Waals surface area contributed by atoms with Gasteiger partial charge in [-0.2, -0.15) is 0 Å². The fourth-order valence-corrected chi connectivity index (χ4v) is 18.3. The first-order chi connectivity index (χ1) is 50.1. The average Bonchev–Trinajstić information content (AvgIpc) is 1.53. The molecule has 15 aromatic carbocycles. The van der Waals surface area contributed by atoms with Crippen LogP contribution in [0.3, 0.4) is 0 Å². The molecule has 2 nitrogen and oxygen atoms in total. The molecule has 0 spiro atoms. The van der Waals surface area contributed by atoms with E-state index in [4.69, 9.17) is 0 Å². The molecule has 18 rings (SSSR count). The number of nitrogens with zero attached hydrogens (tertiary/aromatic N) is 2. The number of hydrogen-bond acceptors (Lipinski definition) is 2. The van der Waals surface area contributed by atoms with Crippen molar-refractivity contribution in [1.29, 1.82) is 0 Å². The average molecular weight is 1310 g/mol. The monoisotopic (exact) mass is 1310 g/mol. The van der Waals surface area contributed by atoms with Gasteiger partial charge in [-0.3, -0.25) is 0 Å². The third-order valence-electron chi connectivity index (χ3n) is 22.8. The topological polar surface area (TPSA) is 6.48 Å². The van der Waals surface area contributed by atoms with Gasteiger partial charge in [-0.15, -0.1) is 0 Å². The Morgan fingerprint density at radius 1 is 0.343 bits per heavy atom. The second-order valence-corrected chi connectivity index (χ2v) is 28.7. The Balaban J connectivity index is 0.831. The number of aryl methyl sites for hydroxylation is 2. The van der Waals surface area contributed by atoms with Crippen LogP contribution < -0.4 is 9.80 Å². The van der Waals surface area contributed by atoms with E-state index in [2.05, 4.69) is 372 Å². The summed E-state index contributed by atoms with van der Waals surface area (Å²) in [5.74, 6) is 0.325. The largest absolute Gasteiger partial charge is 0.309 e. The van der Waals surface area contributed by atoms with Crippen LogP contribution in [0, 0.1) is 19.8 Å². The van der Waals surface area contributed by atoms with Crippen LogP contribution in [-0.4, -0.2) is 0 Å². The van der Waals surface area contributed by atoms with Crippen molar-refractivity contribution in [1.82, 2.24) is 0 Å². The molecule has 0 bridgehead atoms. The van der Waals surface area contributed by atoms with E-state index in [1.165, 1.54) is 127 Å². The highest BCUT2D eigenvalue weighted by molar-refractivity contribution is 6.15. The van der Waals surface area contributed by atoms with Crippen LogP contribution in [0.2, 0.25) is 0 Å². The van der Waals surface area contributed by atoms with Gasteiger partial charge in [-0.1, -0.05) is 322 Å². The number of rotatable bonds is 15. The number of benzene rings is 15. The Morgan fingerprint density at radius 2 is 0.755 bits per heavy atom. The summed E-state index contributed by atoms with van der Waals surface area (Å²) in [5.41, 5.74) is 30.1. The minimum absolute atomic E-state index is 0.325. The van der Waals surface area contributed by atoms with E-state index in [1.54, 1.807) is 0 Å². The second-order valence-electron chi connectivity index (χ2n) is 28.7. The number of fused-ring (bicyclic) bond motifs is 10. The first-order valence-electron chi connectivity index (χ1n) is 36.1. The molecule has 0 aliphatic heterocycles. The SMILES string of the molecule is C=Cc1ccc(CC2(C3=CC=C(C)CC3C)c3ccccc3-c3ccc(N(c4cccc5ccccc45)c4ccc(-c5ccc(N(c6ccc7c(c6)C(Cc6ccc(C=C)cc6)(c6ccc(C)cc6C)c6ccccc6-7)c6cccc7ccccc67)c6ccccc56)c5ccccc45)cc32)cc1. The van der Waals surface area contributed by atoms with E-state index in [9.17, 15) is 0 Å². The van der Waals surface area contributed by atoms with E-state index in [-0.39, 0.29) is 0 Å². The highest BCUT2D eigenvalue weighted by atomic mass is 15.2. The van der Waals surface area contributed by atoms with Crippen molar-refractivity contribution in [2.75, 3.05) is 9.80 Å². The van der Waals surface area contributed by atoms with Gasteiger partial charge < -0.3 is 9.80 Å². The molecule has 0 aromatic heterocycles. The number of hydrogen-bond donors (Lipinski definition) is 0. The third-order valence-corrected chi connectivity index (χ3v) is 22.8. The molecule has 0 saturated heterocycles. The van der Waals surface area contributed by atoms with Gasteiger partial charge >= 0.3 is 0 Å². The van der Waals surface area contributed by atoms with Gasteiger partial charge in [0.1, 0.15) is 0 Å². The van der Waals surface area contributed by atoms with Crippen LogP contribution in [0.15, 0.2) is 346 Å². The highest BCUT2D eigenvalue weighted by Gasteiger charge is 2.49. The van der Waals surface area contributed by atoms with Gasteiger partial charge in [0.25, 0.3) is 0 Å². The fraction of sp³-hybridized carbons (Fsp3) is 0.100. The van der Waals surface area contributed by atoms with Crippen LogP contribution in [0.5, 0.6) is 0 Å². The highest BCUT2D eigenvalue weighted by Crippen LogP contribution is 2.61. The maximum Gasteiger partial charge on any atom is 0.0540 e. The smallest absolute Gasteiger partial charge is 0.0540 e. The Hall–Kier alpha value is -12.1. The molecule has 0 amide bonds. The predicted octanol–water partition coefficient (Wildman–Crippen LogP) is 26.8. The fourth-order valence-electron chi connectivity index (χ4n) is 18.3. The molecule has 0 fully saturated rings. The van der Waals surface area contributed by atoms with Crippen molar-refractivity contribution in [3.8, 4) is 33.4 Å². The van der Waals surface area contributed by atoms with Gasteiger partial charge in [0, 0.05) is 38.3 Å². The summed E-state index contributed by atoms with van der Waals surface area (Å²) in [6.45, 7) is 17.5. The van der Waals surface area contributed by atoms with E-state index < -0.39 is 10.8 Å². The molecule has 0 heterocycles.